The Morgan fingerprint density at radius 3 is 2.30 bits per heavy atom. The van der Waals surface area contributed by atoms with Gasteiger partial charge in [-0.1, -0.05) is 56.7 Å². The number of para-hydroxylation sites is 1. The molecule has 0 bridgehead atoms. The number of urea groups is 1. The first-order valence-electron chi connectivity index (χ1n) is 9.87. The van der Waals surface area contributed by atoms with E-state index in [1.54, 1.807) is 19.2 Å². The zero-order valence-electron chi connectivity index (χ0n) is 18.0. The average Bonchev–Trinajstić information content (AvgIpc) is 2.70. The van der Waals surface area contributed by atoms with Crippen LogP contribution in [0, 0.1) is 6.92 Å². The molecule has 156 valence electrons. The molecule has 0 fully saturated rings. The van der Waals surface area contributed by atoms with Crippen LogP contribution in [-0.2, 0) is 5.41 Å². The quantitative estimate of drug-likeness (QED) is 0.476. The molecule has 0 atom stereocenters. The van der Waals surface area contributed by atoms with Gasteiger partial charge in [0.2, 0.25) is 5.88 Å². The molecule has 1 heterocycles. The fourth-order valence-electron chi connectivity index (χ4n) is 2.95. The van der Waals surface area contributed by atoms with Gasteiger partial charge in [0.15, 0.2) is 0 Å². The van der Waals surface area contributed by atoms with Crippen LogP contribution in [0.3, 0.4) is 0 Å². The molecule has 3 rings (SSSR count). The SMILES string of the molecule is CNc1ccc(NC(=O)Nc2ccc(C)cc2)c(Oc2ccccc2C(C)(C)C)n1. The van der Waals surface area contributed by atoms with E-state index in [-0.39, 0.29) is 11.4 Å². The number of anilines is 3. The summed E-state index contributed by atoms with van der Waals surface area (Å²) >= 11 is 0. The maximum atomic E-state index is 12.5. The number of rotatable bonds is 5. The van der Waals surface area contributed by atoms with Gasteiger partial charge in [0.25, 0.3) is 0 Å². The molecule has 2 amide bonds. The average molecular weight is 405 g/mol. The molecule has 0 unspecified atom stereocenters. The summed E-state index contributed by atoms with van der Waals surface area (Å²) in [6.07, 6.45) is 0. The fraction of sp³-hybridized carbons (Fsp3) is 0.250. The molecule has 0 spiro atoms. The largest absolute Gasteiger partial charge is 0.437 e. The van der Waals surface area contributed by atoms with Crippen molar-refractivity contribution in [1.29, 1.82) is 0 Å². The number of carbonyl (C=O) groups excluding carboxylic acids is 1. The van der Waals surface area contributed by atoms with Crippen molar-refractivity contribution >= 4 is 23.2 Å². The van der Waals surface area contributed by atoms with E-state index >= 15 is 0 Å². The van der Waals surface area contributed by atoms with Gasteiger partial charge in [-0.05, 0) is 42.7 Å². The van der Waals surface area contributed by atoms with E-state index in [0.29, 0.717) is 28.8 Å². The number of benzene rings is 2. The number of hydrogen-bond donors (Lipinski definition) is 3. The second-order valence-corrected chi connectivity index (χ2v) is 8.09. The normalized spacial score (nSPS) is 11.0. The van der Waals surface area contributed by atoms with Gasteiger partial charge in [0.1, 0.15) is 17.3 Å². The summed E-state index contributed by atoms with van der Waals surface area (Å²) in [7, 11) is 1.78. The maximum Gasteiger partial charge on any atom is 0.323 e. The number of nitrogens with zero attached hydrogens (tertiary/aromatic N) is 1. The summed E-state index contributed by atoms with van der Waals surface area (Å²) in [4.78, 5) is 17.0. The third-order valence-electron chi connectivity index (χ3n) is 4.58. The van der Waals surface area contributed by atoms with Crippen molar-refractivity contribution in [3.63, 3.8) is 0 Å². The number of nitrogens with one attached hydrogen (secondary N) is 3. The highest BCUT2D eigenvalue weighted by atomic mass is 16.5. The van der Waals surface area contributed by atoms with E-state index < -0.39 is 0 Å². The smallest absolute Gasteiger partial charge is 0.323 e. The highest BCUT2D eigenvalue weighted by Gasteiger charge is 2.20. The van der Waals surface area contributed by atoms with Crippen LogP contribution < -0.4 is 20.7 Å². The van der Waals surface area contributed by atoms with Crippen LogP contribution in [0.15, 0.2) is 60.7 Å². The molecule has 0 aliphatic carbocycles. The van der Waals surface area contributed by atoms with Crippen molar-refractivity contribution < 1.29 is 9.53 Å². The first-order chi connectivity index (χ1) is 14.3. The molecule has 0 radical (unpaired) electrons. The van der Waals surface area contributed by atoms with Gasteiger partial charge in [-0.25, -0.2) is 4.79 Å². The number of ether oxygens (including phenoxy) is 1. The summed E-state index contributed by atoms with van der Waals surface area (Å²) in [5, 5.41) is 8.67. The van der Waals surface area contributed by atoms with Crippen LogP contribution >= 0.6 is 0 Å². The number of hydrogen-bond acceptors (Lipinski definition) is 4. The van der Waals surface area contributed by atoms with Gasteiger partial charge in [0.05, 0.1) is 0 Å². The zero-order valence-corrected chi connectivity index (χ0v) is 18.0. The Morgan fingerprint density at radius 2 is 1.63 bits per heavy atom. The lowest BCUT2D eigenvalue weighted by molar-refractivity contribution is 0.262. The van der Waals surface area contributed by atoms with Crippen molar-refractivity contribution in [3.05, 3.63) is 71.8 Å². The molecule has 6 nitrogen and oxygen atoms in total. The monoisotopic (exact) mass is 404 g/mol. The van der Waals surface area contributed by atoms with Gasteiger partial charge >= 0.3 is 6.03 Å². The van der Waals surface area contributed by atoms with Gasteiger partial charge in [0, 0.05) is 18.3 Å². The Bertz CT molecular complexity index is 1020. The molecule has 0 saturated carbocycles. The van der Waals surface area contributed by atoms with E-state index in [9.17, 15) is 4.79 Å². The molecule has 0 aliphatic rings. The van der Waals surface area contributed by atoms with E-state index in [1.165, 1.54) is 0 Å². The van der Waals surface area contributed by atoms with Crippen LogP contribution in [-0.4, -0.2) is 18.1 Å². The lowest BCUT2D eigenvalue weighted by Gasteiger charge is -2.23. The van der Waals surface area contributed by atoms with Crippen LogP contribution in [0.2, 0.25) is 0 Å². The van der Waals surface area contributed by atoms with Crippen LogP contribution in [0.25, 0.3) is 0 Å². The Labute approximate surface area is 177 Å². The first-order valence-corrected chi connectivity index (χ1v) is 9.87. The lowest BCUT2D eigenvalue weighted by atomic mass is 9.86. The van der Waals surface area contributed by atoms with Crippen molar-refractivity contribution in [2.45, 2.75) is 33.1 Å². The van der Waals surface area contributed by atoms with Crippen LogP contribution in [0.4, 0.5) is 22.0 Å². The molecule has 3 N–H and O–H groups in total. The Hall–Kier alpha value is -3.54. The van der Waals surface area contributed by atoms with Gasteiger partial charge in [-0.15, -0.1) is 0 Å². The van der Waals surface area contributed by atoms with E-state index in [4.69, 9.17) is 4.74 Å². The maximum absolute atomic E-state index is 12.5. The number of carbonyl (C=O) groups is 1. The molecule has 30 heavy (non-hydrogen) atoms. The van der Waals surface area contributed by atoms with Gasteiger partial charge < -0.3 is 20.7 Å². The van der Waals surface area contributed by atoms with Crippen LogP contribution in [0.5, 0.6) is 11.6 Å². The number of pyridine rings is 1. The fourth-order valence-corrected chi connectivity index (χ4v) is 2.95. The van der Waals surface area contributed by atoms with Crippen molar-refractivity contribution in [3.8, 4) is 11.6 Å². The number of aryl methyl sites for hydroxylation is 1. The molecule has 0 saturated heterocycles. The molecular weight excluding hydrogens is 376 g/mol. The summed E-state index contributed by atoms with van der Waals surface area (Å²) in [6, 6.07) is 18.6. The minimum absolute atomic E-state index is 0.104. The minimum atomic E-state index is -0.369. The summed E-state index contributed by atoms with van der Waals surface area (Å²) in [6.45, 7) is 8.38. The Morgan fingerprint density at radius 1 is 0.933 bits per heavy atom. The zero-order chi connectivity index (χ0) is 21.7. The number of amides is 2. The third-order valence-corrected chi connectivity index (χ3v) is 4.58. The van der Waals surface area contributed by atoms with Crippen molar-refractivity contribution in [1.82, 2.24) is 4.98 Å². The third kappa shape index (κ3) is 5.29. The summed E-state index contributed by atoms with van der Waals surface area (Å²) in [5.41, 5.74) is 3.26. The predicted molar refractivity (Wildman–Crippen MR) is 123 cm³/mol. The number of aromatic nitrogens is 1. The van der Waals surface area contributed by atoms with E-state index in [0.717, 1.165) is 11.1 Å². The molecule has 1 aromatic heterocycles. The first kappa shape index (κ1) is 21.2. The van der Waals surface area contributed by atoms with Crippen molar-refractivity contribution in [2.24, 2.45) is 0 Å². The molecule has 0 aliphatic heterocycles. The second-order valence-electron chi connectivity index (χ2n) is 8.09. The Kier molecular flexibility index (Phi) is 6.26. The highest BCUT2D eigenvalue weighted by Crippen LogP contribution is 2.36. The lowest BCUT2D eigenvalue weighted by Crippen LogP contribution is -2.20. The van der Waals surface area contributed by atoms with Gasteiger partial charge in [-0.2, -0.15) is 4.98 Å². The van der Waals surface area contributed by atoms with Crippen molar-refractivity contribution in [2.75, 3.05) is 23.0 Å². The van der Waals surface area contributed by atoms with E-state index in [1.807, 2.05) is 55.5 Å². The topological polar surface area (TPSA) is 75.3 Å². The molecule has 2 aromatic carbocycles. The van der Waals surface area contributed by atoms with E-state index in [2.05, 4.69) is 41.7 Å². The standard InChI is InChI=1S/C24H28N4O2/c1-16-10-12-17(13-11-16)26-23(29)27-19-14-15-21(25-5)28-22(19)30-20-9-7-6-8-18(20)24(2,3)4/h6-15H,1-5H3,(H,25,28)(H2,26,27,29). The second kappa shape index (κ2) is 8.86. The molecular formula is C24H28N4O2. The predicted octanol–water partition coefficient (Wildman–Crippen LogP) is 6.17. The van der Waals surface area contributed by atoms with Crippen LogP contribution in [0.1, 0.15) is 31.9 Å². The van der Waals surface area contributed by atoms with Gasteiger partial charge in [-0.3, -0.25) is 0 Å². The Balaban J connectivity index is 1.86. The summed E-state index contributed by atoms with van der Waals surface area (Å²) < 4.78 is 6.18. The molecule has 6 heteroatoms. The summed E-state index contributed by atoms with van der Waals surface area (Å²) in [5.74, 6) is 1.66. The minimum Gasteiger partial charge on any atom is -0.437 e. The molecule has 3 aromatic rings. The highest BCUT2D eigenvalue weighted by molar-refractivity contribution is 6.00.